The van der Waals surface area contributed by atoms with Gasteiger partial charge in [0, 0.05) is 31.2 Å². The van der Waals surface area contributed by atoms with Crippen molar-refractivity contribution in [2.45, 2.75) is 11.4 Å². The molecule has 0 atom stereocenters. The smallest absolute Gasteiger partial charge is 0.175 e. The molecule has 0 aliphatic heterocycles. The van der Waals surface area contributed by atoms with Gasteiger partial charge in [-0.1, -0.05) is 18.2 Å². The molecule has 0 unspecified atom stereocenters. The minimum absolute atomic E-state index is 0.321. The van der Waals surface area contributed by atoms with Gasteiger partial charge in [0.05, 0.1) is 4.90 Å². The number of benzene rings is 2. The zero-order valence-electron chi connectivity index (χ0n) is 11.6. The van der Waals surface area contributed by atoms with Gasteiger partial charge in [0.1, 0.15) is 0 Å². The average Bonchev–Trinajstić information content (AvgIpc) is 2.45. The van der Waals surface area contributed by atoms with Gasteiger partial charge in [0.15, 0.2) is 9.84 Å². The molecule has 20 heavy (non-hydrogen) atoms. The molecule has 2 aromatic carbocycles. The zero-order valence-corrected chi connectivity index (χ0v) is 12.4. The number of nitrogens with two attached hydrogens (primary N) is 1. The van der Waals surface area contributed by atoms with E-state index < -0.39 is 9.84 Å². The highest BCUT2D eigenvalue weighted by Gasteiger charge is 2.10. The predicted molar refractivity (Wildman–Crippen MR) is 81.9 cm³/mol. The number of anilines is 2. The third kappa shape index (κ3) is 3.00. The second kappa shape index (κ2) is 5.64. The number of sulfone groups is 1. The fourth-order valence-electron chi connectivity index (χ4n) is 2.07. The van der Waals surface area contributed by atoms with Gasteiger partial charge in [-0.25, -0.2) is 8.42 Å². The Kier molecular flexibility index (Phi) is 4.11. The van der Waals surface area contributed by atoms with Crippen LogP contribution in [0, 0.1) is 0 Å². The standard InChI is InChI=1S/C15H18N2O2S/c1-17(15-6-4-3-5-12(15)11-16)13-7-9-14(10-8-13)20(2,18)19/h3-10H,11,16H2,1-2H3. The molecule has 0 saturated heterocycles. The van der Waals surface area contributed by atoms with Crippen molar-refractivity contribution in [2.24, 2.45) is 5.73 Å². The van der Waals surface area contributed by atoms with Crippen LogP contribution < -0.4 is 10.6 Å². The number of hydrogen-bond donors (Lipinski definition) is 1. The molecule has 0 spiro atoms. The van der Waals surface area contributed by atoms with Crippen molar-refractivity contribution in [3.05, 3.63) is 54.1 Å². The first-order valence-corrected chi connectivity index (χ1v) is 8.14. The van der Waals surface area contributed by atoms with Crippen molar-refractivity contribution < 1.29 is 8.42 Å². The van der Waals surface area contributed by atoms with Gasteiger partial charge in [-0.15, -0.1) is 0 Å². The Balaban J connectivity index is 2.36. The Morgan fingerprint density at radius 2 is 1.65 bits per heavy atom. The first-order chi connectivity index (χ1) is 9.43. The van der Waals surface area contributed by atoms with E-state index in [1.165, 1.54) is 6.26 Å². The molecular weight excluding hydrogens is 272 g/mol. The maximum Gasteiger partial charge on any atom is 0.175 e. The molecule has 5 heteroatoms. The van der Waals surface area contributed by atoms with Crippen LogP contribution in [0.15, 0.2) is 53.4 Å². The highest BCUT2D eigenvalue weighted by molar-refractivity contribution is 7.90. The van der Waals surface area contributed by atoms with Crippen LogP contribution in [0.4, 0.5) is 11.4 Å². The summed E-state index contributed by atoms with van der Waals surface area (Å²) in [5.74, 6) is 0. The number of rotatable bonds is 4. The van der Waals surface area contributed by atoms with Crippen LogP contribution in [-0.2, 0) is 16.4 Å². The van der Waals surface area contributed by atoms with Crippen molar-refractivity contribution in [3.63, 3.8) is 0 Å². The van der Waals surface area contributed by atoms with E-state index in [-0.39, 0.29) is 0 Å². The van der Waals surface area contributed by atoms with Crippen molar-refractivity contribution in [3.8, 4) is 0 Å². The summed E-state index contributed by atoms with van der Waals surface area (Å²) in [6.07, 6.45) is 1.20. The molecule has 0 amide bonds. The van der Waals surface area contributed by atoms with Crippen LogP contribution >= 0.6 is 0 Å². The second-order valence-corrected chi connectivity index (χ2v) is 6.67. The molecular formula is C15H18N2O2S. The maximum atomic E-state index is 11.5. The molecule has 0 radical (unpaired) electrons. The molecule has 106 valence electrons. The van der Waals surface area contributed by atoms with E-state index in [2.05, 4.69) is 0 Å². The first kappa shape index (κ1) is 14.6. The van der Waals surface area contributed by atoms with Gasteiger partial charge >= 0.3 is 0 Å². The predicted octanol–water partition coefficient (Wildman–Crippen LogP) is 2.32. The highest BCUT2D eigenvalue weighted by Crippen LogP contribution is 2.27. The molecule has 0 aromatic heterocycles. The van der Waals surface area contributed by atoms with Gasteiger partial charge in [0.2, 0.25) is 0 Å². The third-order valence-corrected chi connectivity index (χ3v) is 4.35. The fourth-order valence-corrected chi connectivity index (χ4v) is 2.70. The maximum absolute atomic E-state index is 11.5. The van der Waals surface area contributed by atoms with Crippen LogP contribution in [0.3, 0.4) is 0 Å². The van der Waals surface area contributed by atoms with E-state index >= 15 is 0 Å². The summed E-state index contributed by atoms with van der Waals surface area (Å²) in [5.41, 5.74) is 8.72. The lowest BCUT2D eigenvalue weighted by Crippen LogP contribution is -2.13. The molecule has 0 heterocycles. The fraction of sp³-hybridized carbons (Fsp3) is 0.200. The summed E-state index contributed by atoms with van der Waals surface area (Å²) >= 11 is 0. The molecule has 0 aliphatic rings. The number of para-hydroxylation sites is 1. The summed E-state index contributed by atoms with van der Waals surface area (Å²) in [5, 5.41) is 0. The van der Waals surface area contributed by atoms with Gasteiger partial charge in [-0.2, -0.15) is 0 Å². The highest BCUT2D eigenvalue weighted by atomic mass is 32.2. The average molecular weight is 290 g/mol. The molecule has 2 aromatic rings. The Hall–Kier alpha value is -1.85. The van der Waals surface area contributed by atoms with E-state index in [0.717, 1.165) is 16.9 Å². The van der Waals surface area contributed by atoms with E-state index in [9.17, 15) is 8.42 Å². The summed E-state index contributed by atoms with van der Waals surface area (Å²) in [7, 11) is -1.23. The minimum Gasteiger partial charge on any atom is -0.344 e. The molecule has 2 rings (SSSR count). The van der Waals surface area contributed by atoms with Crippen molar-refractivity contribution in [1.29, 1.82) is 0 Å². The quantitative estimate of drug-likeness (QED) is 0.938. The van der Waals surface area contributed by atoms with Crippen molar-refractivity contribution in [1.82, 2.24) is 0 Å². The largest absolute Gasteiger partial charge is 0.344 e. The molecule has 0 fully saturated rings. The van der Waals surface area contributed by atoms with Crippen LogP contribution in [-0.4, -0.2) is 21.7 Å². The Bertz CT molecular complexity index is 694. The number of nitrogens with zero attached hydrogens (tertiary/aromatic N) is 1. The third-order valence-electron chi connectivity index (χ3n) is 3.23. The molecule has 4 nitrogen and oxygen atoms in total. The molecule has 2 N–H and O–H groups in total. The minimum atomic E-state index is -3.16. The van der Waals surface area contributed by atoms with E-state index in [0.29, 0.717) is 11.4 Å². The Morgan fingerprint density at radius 1 is 1.05 bits per heavy atom. The summed E-state index contributed by atoms with van der Waals surface area (Å²) in [6, 6.07) is 14.7. The lowest BCUT2D eigenvalue weighted by Gasteiger charge is -2.22. The monoisotopic (exact) mass is 290 g/mol. The van der Waals surface area contributed by atoms with E-state index in [1.807, 2.05) is 36.2 Å². The Labute approximate surface area is 119 Å². The SMILES string of the molecule is CN(c1ccc(S(C)(=O)=O)cc1)c1ccccc1CN. The molecule has 0 saturated carbocycles. The van der Waals surface area contributed by atoms with Crippen LogP contribution in [0.5, 0.6) is 0 Å². The summed E-state index contributed by atoms with van der Waals surface area (Å²) < 4.78 is 22.9. The topological polar surface area (TPSA) is 63.4 Å². The van der Waals surface area contributed by atoms with E-state index in [1.54, 1.807) is 24.3 Å². The van der Waals surface area contributed by atoms with Crippen LogP contribution in [0.25, 0.3) is 0 Å². The molecule has 0 aliphatic carbocycles. The normalized spacial score (nSPS) is 11.3. The van der Waals surface area contributed by atoms with Crippen molar-refractivity contribution >= 4 is 21.2 Å². The zero-order chi connectivity index (χ0) is 14.8. The molecule has 0 bridgehead atoms. The summed E-state index contributed by atoms with van der Waals surface area (Å²) in [4.78, 5) is 2.32. The van der Waals surface area contributed by atoms with E-state index in [4.69, 9.17) is 5.73 Å². The lowest BCUT2D eigenvalue weighted by atomic mass is 10.1. The van der Waals surface area contributed by atoms with Gasteiger partial charge in [0.25, 0.3) is 0 Å². The second-order valence-electron chi connectivity index (χ2n) is 4.66. The number of hydrogen-bond acceptors (Lipinski definition) is 4. The van der Waals surface area contributed by atoms with Gasteiger partial charge in [-0.05, 0) is 35.9 Å². The van der Waals surface area contributed by atoms with Crippen molar-refractivity contribution in [2.75, 3.05) is 18.2 Å². The first-order valence-electron chi connectivity index (χ1n) is 6.25. The van der Waals surface area contributed by atoms with Gasteiger partial charge in [-0.3, -0.25) is 0 Å². The lowest BCUT2D eigenvalue weighted by molar-refractivity contribution is 0.602. The van der Waals surface area contributed by atoms with Gasteiger partial charge < -0.3 is 10.6 Å². The van der Waals surface area contributed by atoms with Crippen LogP contribution in [0.1, 0.15) is 5.56 Å². The summed E-state index contributed by atoms with van der Waals surface area (Å²) in [6.45, 7) is 0.460. The van der Waals surface area contributed by atoms with Crippen LogP contribution in [0.2, 0.25) is 0 Å². The Morgan fingerprint density at radius 3 is 2.20 bits per heavy atom.